The summed E-state index contributed by atoms with van der Waals surface area (Å²) in [6.45, 7) is 4.42. The number of unbranched alkanes of at least 4 members (excludes halogenated alkanes) is 1. The Hall–Kier alpha value is -1.99. The molecule has 1 saturated heterocycles. The molecule has 3 rings (SSSR count). The molecule has 28 heavy (non-hydrogen) atoms. The molecule has 0 radical (unpaired) electrons. The Labute approximate surface area is 173 Å². The summed E-state index contributed by atoms with van der Waals surface area (Å²) in [6, 6.07) is 11.1. The molecule has 0 bridgehead atoms. The molecule has 0 atom stereocenters. The van der Waals surface area contributed by atoms with Crippen LogP contribution in [0.3, 0.4) is 0 Å². The Morgan fingerprint density at radius 1 is 1.29 bits per heavy atom. The maximum absolute atomic E-state index is 12.7. The number of halogens is 1. The predicted molar refractivity (Wildman–Crippen MR) is 112 cm³/mol. The summed E-state index contributed by atoms with van der Waals surface area (Å²) in [5.41, 5.74) is 1.10. The highest BCUT2D eigenvalue weighted by Crippen LogP contribution is 2.35. The Bertz CT molecular complexity index is 875. The van der Waals surface area contributed by atoms with Crippen LogP contribution < -0.4 is 10.9 Å². The minimum Gasteiger partial charge on any atom is -0.381 e. The molecule has 7 heteroatoms. The summed E-state index contributed by atoms with van der Waals surface area (Å²) in [7, 11) is 0. The van der Waals surface area contributed by atoms with Crippen molar-refractivity contribution >= 4 is 21.8 Å². The maximum Gasteiger partial charge on any atom is 0.271 e. The Morgan fingerprint density at radius 3 is 2.79 bits per heavy atom. The van der Waals surface area contributed by atoms with Crippen LogP contribution in [0, 0.1) is 0 Å². The van der Waals surface area contributed by atoms with Gasteiger partial charge in [0.05, 0.1) is 0 Å². The molecule has 150 valence electrons. The molecule has 1 aromatic carbocycles. The van der Waals surface area contributed by atoms with E-state index in [4.69, 9.17) is 4.74 Å². The molecular formula is C21H26BrN3O3. The largest absolute Gasteiger partial charge is 0.381 e. The van der Waals surface area contributed by atoms with E-state index in [1.165, 1.54) is 22.4 Å². The van der Waals surface area contributed by atoms with Crippen molar-refractivity contribution in [2.24, 2.45) is 0 Å². The second-order valence-electron chi connectivity index (χ2n) is 7.22. The Morgan fingerprint density at radius 2 is 2.07 bits per heavy atom. The number of ether oxygens (including phenoxy) is 1. The molecular weight excluding hydrogens is 422 g/mol. The summed E-state index contributed by atoms with van der Waals surface area (Å²) in [6.07, 6.45) is 3.49. The fourth-order valence-electron chi connectivity index (χ4n) is 3.53. The molecule has 0 spiro atoms. The molecule has 1 aromatic heterocycles. The molecule has 1 amide bonds. The number of nitrogens with one attached hydrogen (secondary N) is 1. The van der Waals surface area contributed by atoms with Gasteiger partial charge in [-0.1, -0.05) is 41.4 Å². The topological polar surface area (TPSA) is 73.2 Å². The van der Waals surface area contributed by atoms with Crippen LogP contribution in [-0.4, -0.2) is 35.4 Å². The fourth-order valence-corrected chi connectivity index (χ4v) is 3.93. The highest BCUT2D eigenvalue weighted by molar-refractivity contribution is 9.10. The van der Waals surface area contributed by atoms with E-state index in [1.54, 1.807) is 0 Å². The number of carbonyl (C=O) groups excluding carboxylic acids is 1. The van der Waals surface area contributed by atoms with Gasteiger partial charge < -0.3 is 10.1 Å². The van der Waals surface area contributed by atoms with E-state index in [2.05, 4.69) is 45.4 Å². The van der Waals surface area contributed by atoms with Gasteiger partial charge in [-0.05, 0) is 43.0 Å². The smallest absolute Gasteiger partial charge is 0.271 e. The summed E-state index contributed by atoms with van der Waals surface area (Å²) >= 11 is 3.54. The van der Waals surface area contributed by atoms with E-state index >= 15 is 0 Å². The van der Waals surface area contributed by atoms with Crippen LogP contribution >= 0.6 is 15.9 Å². The highest BCUT2D eigenvalue weighted by atomic mass is 79.9. The zero-order chi connectivity index (χ0) is 20.0. The van der Waals surface area contributed by atoms with E-state index in [1.807, 2.05) is 12.1 Å². The van der Waals surface area contributed by atoms with Gasteiger partial charge >= 0.3 is 0 Å². The first kappa shape index (κ1) is 20.7. The Kier molecular flexibility index (Phi) is 7.02. The normalized spacial score (nSPS) is 15.9. The van der Waals surface area contributed by atoms with Crippen molar-refractivity contribution < 1.29 is 9.53 Å². The zero-order valence-electron chi connectivity index (χ0n) is 16.1. The number of aromatic nitrogens is 2. The predicted octanol–water partition coefficient (Wildman–Crippen LogP) is 3.28. The number of benzene rings is 1. The summed E-state index contributed by atoms with van der Waals surface area (Å²) in [4.78, 5) is 24.7. The minimum absolute atomic E-state index is 0.172. The lowest BCUT2D eigenvalue weighted by atomic mass is 9.74. The van der Waals surface area contributed by atoms with Crippen LogP contribution in [0.5, 0.6) is 0 Å². The molecule has 2 aromatic rings. The van der Waals surface area contributed by atoms with E-state index in [-0.39, 0.29) is 22.6 Å². The first-order chi connectivity index (χ1) is 13.5. The number of hydrogen-bond acceptors (Lipinski definition) is 4. The first-order valence-corrected chi connectivity index (χ1v) is 10.5. The fraction of sp³-hybridized carbons (Fsp3) is 0.476. The number of nitrogens with zero attached hydrogens (tertiary/aromatic N) is 2. The van der Waals surface area contributed by atoms with Gasteiger partial charge in [-0.3, -0.25) is 9.59 Å². The molecule has 0 aliphatic carbocycles. The van der Waals surface area contributed by atoms with Gasteiger partial charge in [0.25, 0.3) is 11.5 Å². The van der Waals surface area contributed by atoms with Crippen molar-refractivity contribution in [3.05, 3.63) is 62.5 Å². The van der Waals surface area contributed by atoms with E-state index in [0.29, 0.717) is 26.3 Å². The number of carbonyl (C=O) groups is 1. The third-order valence-electron chi connectivity index (χ3n) is 5.30. The van der Waals surface area contributed by atoms with Crippen molar-refractivity contribution in [1.82, 2.24) is 15.1 Å². The van der Waals surface area contributed by atoms with Crippen LogP contribution in [0.2, 0.25) is 0 Å². The van der Waals surface area contributed by atoms with Crippen LogP contribution in [0.4, 0.5) is 0 Å². The van der Waals surface area contributed by atoms with Gasteiger partial charge in [-0.15, -0.1) is 0 Å². The van der Waals surface area contributed by atoms with Gasteiger partial charge in [-0.25, -0.2) is 4.68 Å². The van der Waals surface area contributed by atoms with Crippen molar-refractivity contribution in [3.63, 3.8) is 0 Å². The Balaban J connectivity index is 1.76. The SMILES string of the molecule is CCCCn1nc(C(=O)NCC2(c3cccc(Br)c3)CCOCC2)ccc1=O. The second kappa shape index (κ2) is 9.47. The molecule has 1 aliphatic heterocycles. The quantitative estimate of drug-likeness (QED) is 0.706. The van der Waals surface area contributed by atoms with Gasteiger partial charge in [0.2, 0.25) is 0 Å². The third-order valence-corrected chi connectivity index (χ3v) is 5.79. The van der Waals surface area contributed by atoms with Crippen molar-refractivity contribution in [1.29, 1.82) is 0 Å². The van der Waals surface area contributed by atoms with Gasteiger partial charge in [0.1, 0.15) is 5.69 Å². The average molecular weight is 448 g/mol. The van der Waals surface area contributed by atoms with E-state index < -0.39 is 0 Å². The van der Waals surface area contributed by atoms with Gasteiger partial charge in [0.15, 0.2) is 0 Å². The van der Waals surface area contributed by atoms with Gasteiger partial charge in [-0.2, -0.15) is 5.10 Å². The average Bonchev–Trinajstić information content (AvgIpc) is 2.72. The number of amides is 1. The van der Waals surface area contributed by atoms with Crippen LogP contribution in [0.25, 0.3) is 0 Å². The van der Waals surface area contributed by atoms with Crippen molar-refractivity contribution in [2.45, 2.75) is 44.6 Å². The van der Waals surface area contributed by atoms with Crippen molar-refractivity contribution in [3.8, 4) is 0 Å². The molecule has 0 unspecified atom stereocenters. The molecule has 2 heterocycles. The zero-order valence-corrected chi connectivity index (χ0v) is 17.7. The number of aryl methyl sites for hydroxylation is 1. The van der Waals surface area contributed by atoms with Crippen molar-refractivity contribution in [2.75, 3.05) is 19.8 Å². The maximum atomic E-state index is 12.7. The minimum atomic E-state index is -0.258. The summed E-state index contributed by atoms with van der Waals surface area (Å²) in [5, 5.41) is 7.29. The molecule has 6 nitrogen and oxygen atoms in total. The standard InChI is InChI=1S/C21H26BrN3O3/c1-2-3-11-25-19(26)8-7-18(24-25)20(27)23-15-21(9-12-28-13-10-21)16-5-4-6-17(22)14-16/h4-8,14H,2-3,9-13,15H2,1H3,(H,23,27). The monoisotopic (exact) mass is 447 g/mol. The second-order valence-corrected chi connectivity index (χ2v) is 8.13. The molecule has 0 saturated carbocycles. The lowest BCUT2D eigenvalue weighted by Crippen LogP contribution is -2.45. The molecule has 1 fully saturated rings. The van der Waals surface area contributed by atoms with E-state index in [0.717, 1.165) is 30.2 Å². The lowest BCUT2D eigenvalue weighted by Gasteiger charge is -2.38. The van der Waals surface area contributed by atoms with Crippen LogP contribution in [0.15, 0.2) is 45.7 Å². The summed E-state index contributed by atoms with van der Waals surface area (Å²) in [5.74, 6) is -0.258. The third kappa shape index (κ3) is 4.89. The molecule has 1 N–H and O–H groups in total. The van der Waals surface area contributed by atoms with E-state index in [9.17, 15) is 9.59 Å². The highest BCUT2D eigenvalue weighted by Gasteiger charge is 2.35. The lowest BCUT2D eigenvalue weighted by molar-refractivity contribution is 0.0486. The van der Waals surface area contributed by atoms with Crippen LogP contribution in [-0.2, 0) is 16.7 Å². The molecule has 1 aliphatic rings. The first-order valence-electron chi connectivity index (χ1n) is 9.74. The van der Waals surface area contributed by atoms with Gasteiger partial charge in [0, 0.05) is 42.3 Å². The number of rotatable bonds is 7. The van der Waals surface area contributed by atoms with Crippen LogP contribution in [0.1, 0.15) is 48.7 Å². The number of hydrogen-bond donors (Lipinski definition) is 1. The summed E-state index contributed by atoms with van der Waals surface area (Å²) < 4.78 is 7.95.